The van der Waals surface area contributed by atoms with Crippen LogP contribution in [0.3, 0.4) is 0 Å². The number of hydrogen-bond acceptors (Lipinski definition) is 3. The molecule has 0 aliphatic rings. The lowest BCUT2D eigenvalue weighted by Gasteiger charge is -2.08. The zero-order valence-corrected chi connectivity index (χ0v) is 15.0. The number of carbonyl (C=O) groups excluding carboxylic acids is 1. The second-order valence-electron chi connectivity index (χ2n) is 5.10. The molecule has 0 unspecified atom stereocenters. The first kappa shape index (κ1) is 18.3. The lowest BCUT2D eigenvalue weighted by Crippen LogP contribution is -2.21. The largest absolute Gasteiger partial charge is 0.497 e. The fraction of sp³-hybridized carbons (Fsp3) is 0.222. The molecule has 2 aromatic carbocycles. The molecule has 0 aromatic heterocycles. The number of benzene rings is 2. The summed E-state index contributed by atoms with van der Waals surface area (Å²) in [4.78, 5) is 12.1. The van der Waals surface area contributed by atoms with Gasteiger partial charge in [-0.3, -0.25) is 4.79 Å². The number of hydrogen-bond donors (Lipinski definition) is 1. The molecule has 1 N–H and O–H groups in total. The van der Waals surface area contributed by atoms with Crippen LogP contribution in [0.25, 0.3) is 0 Å². The molecule has 6 heteroatoms. The van der Waals surface area contributed by atoms with Gasteiger partial charge in [-0.05, 0) is 36.2 Å². The van der Waals surface area contributed by atoms with Crippen LogP contribution in [0.2, 0.25) is 10.0 Å². The predicted octanol–water partition coefficient (Wildman–Crippen LogP) is 4.48. The van der Waals surface area contributed by atoms with Crippen LogP contribution >= 0.6 is 23.2 Å². The zero-order valence-electron chi connectivity index (χ0n) is 13.5. The molecule has 0 saturated heterocycles. The van der Waals surface area contributed by atoms with E-state index in [2.05, 4.69) is 10.5 Å². The third kappa shape index (κ3) is 4.98. The van der Waals surface area contributed by atoms with E-state index in [-0.39, 0.29) is 12.3 Å². The number of halogens is 2. The first-order valence-corrected chi connectivity index (χ1v) is 8.22. The number of ether oxygens (including phenoxy) is 1. The highest BCUT2D eigenvalue weighted by atomic mass is 35.5. The summed E-state index contributed by atoms with van der Waals surface area (Å²) in [6.45, 7) is 1.94. The lowest BCUT2D eigenvalue weighted by molar-refractivity contribution is -0.120. The summed E-state index contributed by atoms with van der Waals surface area (Å²) in [6, 6.07) is 12.5. The molecule has 126 valence electrons. The van der Waals surface area contributed by atoms with Crippen molar-refractivity contribution in [3.63, 3.8) is 0 Å². The summed E-state index contributed by atoms with van der Waals surface area (Å²) >= 11 is 12.1. The summed E-state index contributed by atoms with van der Waals surface area (Å²) in [7, 11) is 1.60. The Labute approximate surface area is 151 Å². The minimum absolute atomic E-state index is 0.198. The van der Waals surface area contributed by atoms with E-state index in [0.29, 0.717) is 22.2 Å². The van der Waals surface area contributed by atoms with Gasteiger partial charge < -0.3 is 4.74 Å². The Morgan fingerprint density at radius 1 is 1.17 bits per heavy atom. The van der Waals surface area contributed by atoms with E-state index < -0.39 is 0 Å². The fourth-order valence-electron chi connectivity index (χ4n) is 2.15. The minimum Gasteiger partial charge on any atom is -0.497 e. The van der Waals surface area contributed by atoms with Crippen molar-refractivity contribution >= 4 is 34.8 Å². The van der Waals surface area contributed by atoms with Crippen LogP contribution in [-0.2, 0) is 11.2 Å². The molecule has 0 bridgehead atoms. The second-order valence-corrected chi connectivity index (χ2v) is 5.94. The Hall–Kier alpha value is -2.04. The third-order valence-electron chi connectivity index (χ3n) is 3.42. The molecule has 0 atom stereocenters. The first-order chi connectivity index (χ1) is 11.5. The summed E-state index contributed by atoms with van der Waals surface area (Å²) in [6.07, 6.45) is 0.864. The smallest absolute Gasteiger partial charge is 0.244 e. The summed E-state index contributed by atoms with van der Waals surface area (Å²) in [5, 5.41) is 5.26. The maximum absolute atomic E-state index is 12.1. The van der Waals surface area contributed by atoms with Crippen LogP contribution < -0.4 is 10.2 Å². The van der Waals surface area contributed by atoms with Gasteiger partial charge in [0.25, 0.3) is 0 Å². The number of hydrazone groups is 1. The number of nitrogens with zero attached hydrogens (tertiary/aromatic N) is 1. The Morgan fingerprint density at radius 2 is 1.88 bits per heavy atom. The van der Waals surface area contributed by atoms with Crippen molar-refractivity contribution in [3.05, 3.63) is 63.6 Å². The van der Waals surface area contributed by atoms with E-state index in [1.807, 2.05) is 31.2 Å². The standard InChI is InChI=1S/C18H18Cl2N2O2/c1-3-17(15-9-6-13(19)11-16(15)20)21-22-18(23)10-12-4-7-14(24-2)8-5-12/h4-9,11H,3,10H2,1-2H3,(H,22,23). The Morgan fingerprint density at radius 3 is 2.46 bits per heavy atom. The highest BCUT2D eigenvalue weighted by molar-refractivity contribution is 6.37. The summed E-state index contributed by atoms with van der Waals surface area (Å²) in [5.41, 5.74) is 4.91. The van der Waals surface area contributed by atoms with E-state index in [9.17, 15) is 4.79 Å². The van der Waals surface area contributed by atoms with Crippen LogP contribution in [0.5, 0.6) is 5.75 Å². The van der Waals surface area contributed by atoms with Crippen molar-refractivity contribution in [2.45, 2.75) is 19.8 Å². The normalized spacial score (nSPS) is 11.2. The average Bonchev–Trinajstić information content (AvgIpc) is 2.57. The number of rotatable bonds is 6. The summed E-state index contributed by atoms with van der Waals surface area (Å²) in [5.74, 6) is 0.555. The maximum Gasteiger partial charge on any atom is 0.244 e. The number of carbonyl (C=O) groups is 1. The molecular formula is C18H18Cl2N2O2. The molecule has 0 aliphatic carbocycles. The monoisotopic (exact) mass is 364 g/mol. The molecule has 24 heavy (non-hydrogen) atoms. The third-order valence-corrected chi connectivity index (χ3v) is 3.96. The number of amides is 1. The van der Waals surface area contributed by atoms with Crippen LogP contribution in [0, 0.1) is 0 Å². The Kier molecular flexibility index (Phi) is 6.64. The summed E-state index contributed by atoms with van der Waals surface area (Å²) < 4.78 is 5.09. The van der Waals surface area contributed by atoms with Crippen LogP contribution in [0.15, 0.2) is 47.6 Å². The molecule has 0 fully saturated rings. The van der Waals surface area contributed by atoms with Crippen molar-refractivity contribution in [1.29, 1.82) is 0 Å². The Bertz CT molecular complexity index is 743. The molecule has 4 nitrogen and oxygen atoms in total. The molecule has 0 aliphatic heterocycles. The van der Waals surface area contributed by atoms with Gasteiger partial charge in [-0.1, -0.05) is 48.3 Å². The lowest BCUT2D eigenvalue weighted by atomic mass is 10.1. The molecular weight excluding hydrogens is 347 g/mol. The number of methoxy groups -OCH3 is 1. The van der Waals surface area contributed by atoms with Gasteiger partial charge in [0.15, 0.2) is 0 Å². The van der Waals surface area contributed by atoms with Gasteiger partial charge >= 0.3 is 0 Å². The molecule has 2 aromatic rings. The van der Waals surface area contributed by atoms with Gasteiger partial charge in [0.1, 0.15) is 5.75 Å². The van der Waals surface area contributed by atoms with E-state index in [4.69, 9.17) is 27.9 Å². The highest BCUT2D eigenvalue weighted by Gasteiger charge is 2.09. The van der Waals surface area contributed by atoms with E-state index in [0.717, 1.165) is 16.9 Å². The predicted molar refractivity (Wildman–Crippen MR) is 98.1 cm³/mol. The van der Waals surface area contributed by atoms with Crippen molar-refractivity contribution in [2.24, 2.45) is 5.10 Å². The minimum atomic E-state index is -0.198. The van der Waals surface area contributed by atoms with E-state index in [1.165, 1.54) is 0 Å². The number of nitrogens with one attached hydrogen (secondary N) is 1. The molecule has 0 spiro atoms. The quantitative estimate of drug-likeness (QED) is 0.606. The fourth-order valence-corrected chi connectivity index (χ4v) is 2.67. The molecule has 0 saturated carbocycles. The highest BCUT2D eigenvalue weighted by Crippen LogP contribution is 2.22. The topological polar surface area (TPSA) is 50.7 Å². The van der Waals surface area contributed by atoms with Gasteiger partial charge in [0.2, 0.25) is 5.91 Å². The van der Waals surface area contributed by atoms with Crippen LogP contribution in [-0.4, -0.2) is 18.7 Å². The second kappa shape index (κ2) is 8.71. The van der Waals surface area contributed by atoms with E-state index in [1.54, 1.807) is 25.3 Å². The van der Waals surface area contributed by atoms with E-state index >= 15 is 0 Å². The van der Waals surface area contributed by atoms with Gasteiger partial charge in [0.05, 0.1) is 24.3 Å². The maximum atomic E-state index is 12.1. The van der Waals surface area contributed by atoms with Crippen molar-refractivity contribution in [3.8, 4) is 5.75 Å². The zero-order chi connectivity index (χ0) is 17.5. The molecule has 0 heterocycles. The molecule has 0 radical (unpaired) electrons. The van der Waals surface area contributed by atoms with Gasteiger partial charge in [0, 0.05) is 10.6 Å². The van der Waals surface area contributed by atoms with Gasteiger partial charge in [-0.15, -0.1) is 0 Å². The van der Waals surface area contributed by atoms with Gasteiger partial charge in [-0.2, -0.15) is 5.10 Å². The van der Waals surface area contributed by atoms with Gasteiger partial charge in [-0.25, -0.2) is 5.43 Å². The molecule has 1 amide bonds. The Balaban J connectivity index is 2.04. The van der Waals surface area contributed by atoms with Crippen LogP contribution in [0.1, 0.15) is 24.5 Å². The van der Waals surface area contributed by atoms with Crippen molar-refractivity contribution in [2.75, 3.05) is 7.11 Å². The van der Waals surface area contributed by atoms with Crippen LogP contribution in [0.4, 0.5) is 0 Å². The average molecular weight is 365 g/mol. The SMILES string of the molecule is CCC(=NNC(=O)Cc1ccc(OC)cc1)c1ccc(Cl)cc1Cl. The van der Waals surface area contributed by atoms with Crippen molar-refractivity contribution in [1.82, 2.24) is 5.43 Å². The van der Waals surface area contributed by atoms with Crippen molar-refractivity contribution < 1.29 is 9.53 Å². The first-order valence-electron chi connectivity index (χ1n) is 7.47. The molecule has 2 rings (SSSR count).